The summed E-state index contributed by atoms with van der Waals surface area (Å²) < 4.78 is 7.48. The zero-order valence-electron chi connectivity index (χ0n) is 16.1. The van der Waals surface area contributed by atoms with Crippen molar-refractivity contribution in [3.63, 3.8) is 0 Å². The maximum atomic E-state index is 12.6. The minimum Gasteiger partial charge on any atom is -0.454 e. The number of likely N-dealkylation sites (tertiary alicyclic amines) is 1. The van der Waals surface area contributed by atoms with E-state index in [1.54, 1.807) is 10.7 Å². The summed E-state index contributed by atoms with van der Waals surface area (Å²) in [6.45, 7) is 6.10. The van der Waals surface area contributed by atoms with Crippen molar-refractivity contribution >= 4 is 11.6 Å². The molecule has 1 N–H and O–H groups in total. The van der Waals surface area contributed by atoms with Crippen LogP contribution in [0.15, 0.2) is 40.8 Å². The number of benzene rings is 1. The summed E-state index contributed by atoms with van der Waals surface area (Å²) in [5.74, 6) is 1.53. The molecular weight excluding hydrogens is 356 g/mol. The lowest BCUT2D eigenvalue weighted by atomic mass is 10.1. The van der Waals surface area contributed by atoms with Crippen LogP contribution in [0, 0.1) is 6.92 Å². The van der Waals surface area contributed by atoms with Crippen molar-refractivity contribution in [3.8, 4) is 5.69 Å². The van der Waals surface area contributed by atoms with Gasteiger partial charge in [0.25, 0.3) is 5.91 Å². The van der Waals surface area contributed by atoms with Crippen LogP contribution < -0.4 is 5.32 Å². The van der Waals surface area contributed by atoms with E-state index in [2.05, 4.69) is 32.7 Å². The molecule has 146 valence electrons. The maximum absolute atomic E-state index is 12.6. The van der Waals surface area contributed by atoms with Gasteiger partial charge in [-0.15, -0.1) is 5.10 Å². The first-order chi connectivity index (χ1) is 13.6. The molecule has 0 saturated carbocycles. The van der Waals surface area contributed by atoms with E-state index in [9.17, 15) is 4.79 Å². The SMILES string of the molecule is Cc1nnnn1-c1cccc(NC(=O)c2ccc(C(C)N3CCCCC3)o2)c1. The fraction of sp³-hybridized carbons (Fsp3) is 0.400. The van der Waals surface area contributed by atoms with E-state index >= 15 is 0 Å². The van der Waals surface area contributed by atoms with Gasteiger partial charge in [-0.3, -0.25) is 9.69 Å². The standard InChI is InChI=1S/C20H24N6O2/c1-14(25-11-4-3-5-12-25)18-9-10-19(28-18)20(27)21-16-7-6-8-17(13-16)26-15(2)22-23-24-26/h6-10,13-14H,3-5,11-12H2,1-2H3,(H,21,27). The number of hydrogen-bond donors (Lipinski definition) is 1. The van der Waals surface area contributed by atoms with Gasteiger partial charge in [0, 0.05) is 5.69 Å². The van der Waals surface area contributed by atoms with E-state index in [1.165, 1.54) is 19.3 Å². The topological polar surface area (TPSA) is 89.1 Å². The Bertz CT molecular complexity index is 957. The fourth-order valence-electron chi connectivity index (χ4n) is 3.56. The van der Waals surface area contributed by atoms with Gasteiger partial charge in [0.05, 0.1) is 11.7 Å². The maximum Gasteiger partial charge on any atom is 0.291 e. The van der Waals surface area contributed by atoms with Crippen molar-refractivity contribution < 1.29 is 9.21 Å². The molecule has 1 atom stereocenters. The van der Waals surface area contributed by atoms with E-state index in [0.717, 1.165) is 24.5 Å². The van der Waals surface area contributed by atoms with E-state index in [4.69, 9.17) is 4.42 Å². The van der Waals surface area contributed by atoms with Crippen LogP contribution >= 0.6 is 0 Å². The fourth-order valence-corrected chi connectivity index (χ4v) is 3.56. The molecule has 28 heavy (non-hydrogen) atoms. The number of hydrogen-bond acceptors (Lipinski definition) is 6. The van der Waals surface area contributed by atoms with Crippen LogP contribution in [0.2, 0.25) is 0 Å². The average molecular weight is 380 g/mol. The largest absolute Gasteiger partial charge is 0.454 e. The molecule has 0 bridgehead atoms. The second-order valence-corrected chi connectivity index (χ2v) is 7.12. The number of nitrogens with one attached hydrogen (secondary N) is 1. The Morgan fingerprint density at radius 2 is 2.00 bits per heavy atom. The minimum atomic E-state index is -0.275. The number of carbonyl (C=O) groups is 1. The Morgan fingerprint density at radius 3 is 2.75 bits per heavy atom. The molecule has 1 aromatic carbocycles. The Labute approximate surface area is 163 Å². The zero-order valence-corrected chi connectivity index (χ0v) is 16.1. The highest BCUT2D eigenvalue weighted by molar-refractivity contribution is 6.02. The summed E-state index contributed by atoms with van der Waals surface area (Å²) in [4.78, 5) is 15.0. The molecule has 8 heteroatoms. The van der Waals surface area contributed by atoms with Crippen LogP contribution in [0.5, 0.6) is 0 Å². The van der Waals surface area contributed by atoms with Gasteiger partial charge in [0.2, 0.25) is 0 Å². The number of aromatic nitrogens is 4. The first kappa shape index (κ1) is 18.4. The van der Waals surface area contributed by atoms with Crippen LogP contribution in [0.1, 0.15) is 54.4 Å². The quantitative estimate of drug-likeness (QED) is 0.730. The molecule has 1 amide bonds. The van der Waals surface area contributed by atoms with Crippen molar-refractivity contribution in [3.05, 3.63) is 53.7 Å². The van der Waals surface area contributed by atoms with E-state index in [-0.39, 0.29) is 11.9 Å². The Morgan fingerprint density at radius 1 is 1.18 bits per heavy atom. The smallest absolute Gasteiger partial charge is 0.291 e. The van der Waals surface area contributed by atoms with Gasteiger partial charge in [-0.1, -0.05) is 12.5 Å². The summed E-state index contributed by atoms with van der Waals surface area (Å²) in [5, 5.41) is 14.4. The second kappa shape index (κ2) is 7.93. The van der Waals surface area contributed by atoms with Crippen LogP contribution in [-0.2, 0) is 0 Å². The first-order valence-corrected chi connectivity index (χ1v) is 9.62. The lowest BCUT2D eigenvalue weighted by molar-refractivity contribution is 0.0987. The molecule has 3 heterocycles. The first-order valence-electron chi connectivity index (χ1n) is 9.62. The Hall–Kier alpha value is -3.00. The molecule has 4 rings (SSSR count). The van der Waals surface area contributed by atoms with Crippen LogP contribution in [-0.4, -0.2) is 44.1 Å². The summed E-state index contributed by atoms with van der Waals surface area (Å²) in [7, 11) is 0. The highest BCUT2D eigenvalue weighted by atomic mass is 16.4. The number of carbonyl (C=O) groups excluding carboxylic acids is 1. The molecular formula is C20H24N6O2. The molecule has 3 aromatic rings. The van der Waals surface area contributed by atoms with Crippen molar-refractivity contribution in [1.82, 2.24) is 25.1 Å². The van der Waals surface area contributed by atoms with Gasteiger partial charge < -0.3 is 9.73 Å². The molecule has 1 aliphatic heterocycles. The van der Waals surface area contributed by atoms with Gasteiger partial charge in [0.15, 0.2) is 11.6 Å². The van der Waals surface area contributed by atoms with Gasteiger partial charge in [-0.2, -0.15) is 4.68 Å². The molecule has 2 aromatic heterocycles. The van der Waals surface area contributed by atoms with Gasteiger partial charge in [-0.25, -0.2) is 0 Å². The van der Waals surface area contributed by atoms with E-state index in [1.807, 2.05) is 37.3 Å². The molecule has 1 fully saturated rings. The second-order valence-electron chi connectivity index (χ2n) is 7.12. The third-order valence-electron chi connectivity index (χ3n) is 5.17. The third kappa shape index (κ3) is 3.82. The highest BCUT2D eigenvalue weighted by Crippen LogP contribution is 2.26. The Balaban J connectivity index is 1.46. The lowest BCUT2D eigenvalue weighted by Crippen LogP contribution is -2.32. The number of rotatable bonds is 5. The monoisotopic (exact) mass is 380 g/mol. The zero-order chi connectivity index (χ0) is 19.5. The molecule has 0 radical (unpaired) electrons. The number of tetrazole rings is 1. The highest BCUT2D eigenvalue weighted by Gasteiger charge is 2.22. The minimum absolute atomic E-state index is 0.174. The van der Waals surface area contributed by atoms with Crippen molar-refractivity contribution in [2.45, 2.75) is 39.2 Å². The summed E-state index contributed by atoms with van der Waals surface area (Å²) in [5.41, 5.74) is 1.43. The average Bonchev–Trinajstić information content (AvgIpc) is 3.38. The summed E-state index contributed by atoms with van der Waals surface area (Å²) >= 11 is 0. The number of aryl methyl sites for hydroxylation is 1. The summed E-state index contributed by atoms with van der Waals surface area (Å²) in [6.07, 6.45) is 3.73. The molecule has 1 unspecified atom stereocenters. The van der Waals surface area contributed by atoms with Gasteiger partial charge in [-0.05, 0) is 80.5 Å². The van der Waals surface area contributed by atoms with Crippen LogP contribution in [0.3, 0.4) is 0 Å². The number of amides is 1. The molecule has 8 nitrogen and oxygen atoms in total. The van der Waals surface area contributed by atoms with Crippen molar-refractivity contribution in [2.24, 2.45) is 0 Å². The van der Waals surface area contributed by atoms with Crippen molar-refractivity contribution in [1.29, 1.82) is 0 Å². The number of piperidine rings is 1. The lowest BCUT2D eigenvalue weighted by Gasteiger charge is -2.31. The number of nitrogens with zero attached hydrogens (tertiary/aromatic N) is 5. The predicted octanol–water partition coefficient (Wildman–Crippen LogP) is 3.36. The predicted molar refractivity (Wildman–Crippen MR) is 104 cm³/mol. The van der Waals surface area contributed by atoms with Gasteiger partial charge >= 0.3 is 0 Å². The normalized spacial score (nSPS) is 16.1. The molecule has 0 spiro atoms. The molecule has 1 saturated heterocycles. The van der Waals surface area contributed by atoms with E-state index < -0.39 is 0 Å². The molecule has 1 aliphatic rings. The third-order valence-corrected chi connectivity index (χ3v) is 5.17. The number of furan rings is 1. The van der Waals surface area contributed by atoms with Crippen LogP contribution in [0.4, 0.5) is 5.69 Å². The van der Waals surface area contributed by atoms with Crippen LogP contribution in [0.25, 0.3) is 5.69 Å². The summed E-state index contributed by atoms with van der Waals surface area (Å²) in [6, 6.07) is 11.2. The van der Waals surface area contributed by atoms with Crippen molar-refractivity contribution in [2.75, 3.05) is 18.4 Å². The van der Waals surface area contributed by atoms with E-state index in [0.29, 0.717) is 17.3 Å². The molecule has 0 aliphatic carbocycles. The number of anilines is 1. The Kier molecular flexibility index (Phi) is 5.21. The van der Waals surface area contributed by atoms with Gasteiger partial charge in [0.1, 0.15) is 5.76 Å².